The van der Waals surface area contributed by atoms with Crippen LogP contribution in [0.2, 0.25) is 0 Å². The molecule has 2 aromatic carbocycles. The summed E-state index contributed by atoms with van der Waals surface area (Å²) in [4.78, 5) is 11.8. The van der Waals surface area contributed by atoms with Crippen molar-refractivity contribution in [3.8, 4) is 5.75 Å². The molecule has 0 saturated heterocycles. The van der Waals surface area contributed by atoms with Crippen LogP contribution >= 0.6 is 15.9 Å². The van der Waals surface area contributed by atoms with E-state index in [0.717, 1.165) is 27.8 Å². The molecule has 2 aromatic rings. The maximum atomic E-state index is 11.8. The van der Waals surface area contributed by atoms with Crippen molar-refractivity contribution in [1.82, 2.24) is 5.32 Å². The second-order valence-electron chi connectivity index (χ2n) is 4.66. The van der Waals surface area contributed by atoms with E-state index in [1.165, 1.54) is 0 Å². The van der Waals surface area contributed by atoms with Crippen molar-refractivity contribution in [3.05, 3.63) is 64.1 Å². The van der Waals surface area contributed by atoms with Gasteiger partial charge in [0, 0.05) is 11.0 Å². The molecule has 0 heterocycles. The minimum atomic E-state index is -0.121. The van der Waals surface area contributed by atoms with Crippen LogP contribution in [0.3, 0.4) is 0 Å². The third-order valence-corrected chi connectivity index (χ3v) is 3.59. The molecule has 0 saturated carbocycles. The SMILES string of the molecule is CCc1cc(Br)ccc1OCC(=O)NCc1ccccc1. The van der Waals surface area contributed by atoms with Gasteiger partial charge in [-0.15, -0.1) is 0 Å². The molecule has 0 aliphatic heterocycles. The van der Waals surface area contributed by atoms with Crippen molar-refractivity contribution >= 4 is 21.8 Å². The van der Waals surface area contributed by atoms with Crippen molar-refractivity contribution in [2.45, 2.75) is 19.9 Å². The number of rotatable bonds is 6. The molecular formula is C17H18BrNO2. The van der Waals surface area contributed by atoms with Gasteiger partial charge in [0.25, 0.3) is 5.91 Å². The minimum Gasteiger partial charge on any atom is -0.483 e. The van der Waals surface area contributed by atoms with Gasteiger partial charge >= 0.3 is 0 Å². The van der Waals surface area contributed by atoms with E-state index in [1.807, 2.05) is 48.5 Å². The maximum Gasteiger partial charge on any atom is 0.258 e. The molecule has 2 rings (SSSR count). The van der Waals surface area contributed by atoms with Crippen LogP contribution < -0.4 is 10.1 Å². The average molecular weight is 348 g/mol. The second kappa shape index (κ2) is 7.84. The molecule has 3 nitrogen and oxygen atoms in total. The highest BCUT2D eigenvalue weighted by atomic mass is 79.9. The van der Waals surface area contributed by atoms with Crippen LogP contribution in [0, 0.1) is 0 Å². The Bertz CT molecular complexity index is 599. The standard InChI is InChI=1S/C17H18BrNO2/c1-2-14-10-15(18)8-9-16(14)21-12-17(20)19-11-13-6-4-3-5-7-13/h3-10H,2,11-12H2,1H3,(H,19,20). The highest BCUT2D eigenvalue weighted by molar-refractivity contribution is 9.10. The smallest absolute Gasteiger partial charge is 0.258 e. The molecule has 1 amide bonds. The van der Waals surface area contributed by atoms with E-state index in [-0.39, 0.29) is 12.5 Å². The van der Waals surface area contributed by atoms with Crippen LogP contribution in [0.1, 0.15) is 18.1 Å². The molecule has 4 heteroatoms. The van der Waals surface area contributed by atoms with Crippen molar-refractivity contribution in [3.63, 3.8) is 0 Å². The van der Waals surface area contributed by atoms with E-state index in [9.17, 15) is 4.79 Å². The lowest BCUT2D eigenvalue weighted by atomic mass is 10.1. The number of halogens is 1. The first-order chi connectivity index (χ1) is 10.2. The zero-order chi connectivity index (χ0) is 15.1. The maximum absolute atomic E-state index is 11.8. The van der Waals surface area contributed by atoms with Crippen LogP contribution in [0.15, 0.2) is 53.0 Å². The van der Waals surface area contributed by atoms with Crippen LogP contribution in [-0.2, 0) is 17.8 Å². The Morgan fingerprint density at radius 2 is 1.95 bits per heavy atom. The second-order valence-corrected chi connectivity index (χ2v) is 5.57. The summed E-state index contributed by atoms with van der Waals surface area (Å²) in [6.45, 7) is 2.61. The normalized spacial score (nSPS) is 10.2. The predicted molar refractivity (Wildman–Crippen MR) is 87.3 cm³/mol. The highest BCUT2D eigenvalue weighted by Gasteiger charge is 2.06. The summed E-state index contributed by atoms with van der Waals surface area (Å²) >= 11 is 3.43. The molecule has 0 atom stereocenters. The van der Waals surface area contributed by atoms with Gasteiger partial charge in [0.05, 0.1) is 0 Å². The average Bonchev–Trinajstić information content (AvgIpc) is 2.52. The lowest BCUT2D eigenvalue weighted by Gasteiger charge is -2.11. The van der Waals surface area contributed by atoms with Gasteiger partial charge in [0.2, 0.25) is 0 Å². The summed E-state index contributed by atoms with van der Waals surface area (Å²) < 4.78 is 6.61. The number of aryl methyl sites for hydroxylation is 1. The molecule has 0 aromatic heterocycles. The van der Waals surface area contributed by atoms with E-state index in [4.69, 9.17) is 4.74 Å². The molecule has 0 unspecified atom stereocenters. The Hall–Kier alpha value is -1.81. The molecule has 0 radical (unpaired) electrons. The Morgan fingerprint density at radius 3 is 2.67 bits per heavy atom. The first-order valence-corrected chi connectivity index (χ1v) is 7.70. The summed E-state index contributed by atoms with van der Waals surface area (Å²) in [5, 5.41) is 2.84. The van der Waals surface area contributed by atoms with Crippen molar-refractivity contribution in [2.24, 2.45) is 0 Å². The fourth-order valence-corrected chi connectivity index (χ4v) is 2.36. The third kappa shape index (κ3) is 4.90. The van der Waals surface area contributed by atoms with Crippen LogP contribution in [0.4, 0.5) is 0 Å². The molecule has 0 aliphatic carbocycles. The predicted octanol–water partition coefficient (Wildman–Crippen LogP) is 3.71. The Morgan fingerprint density at radius 1 is 1.19 bits per heavy atom. The van der Waals surface area contributed by atoms with Crippen LogP contribution in [0.5, 0.6) is 5.75 Å². The monoisotopic (exact) mass is 347 g/mol. The number of hydrogen-bond acceptors (Lipinski definition) is 2. The molecule has 110 valence electrons. The van der Waals surface area contributed by atoms with Crippen molar-refractivity contribution in [1.29, 1.82) is 0 Å². The van der Waals surface area contributed by atoms with Gasteiger partial charge in [-0.05, 0) is 35.7 Å². The van der Waals surface area contributed by atoms with Crippen molar-refractivity contribution < 1.29 is 9.53 Å². The topological polar surface area (TPSA) is 38.3 Å². The van der Waals surface area contributed by atoms with Gasteiger partial charge in [-0.3, -0.25) is 4.79 Å². The number of hydrogen-bond donors (Lipinski definition) is 1. The Labute approximate surface area is 133 Å². The number of amides is 1. The molecule has 0 spiro atoms. The van der Waals surface area contributed by atoms with Gasteiger partial charge in [-0.2, -0.15) is 0 Å². The summed E-state index contributed by atoms with van der Waals surface area (Å²) in [6, 6.07) is 15.6. The summed E-state index contributed by atoms with van der Waals surface area (Å²) in [7, 11) is 0. The minimum absolute atomic E-state index is 0.0292. The number of carbonyl (C=O) groups is 1. The summed E-state index contributed by atoms with van der Waals surface area (Å²) in [6.07, 6.45) is 0.862. The molecular weight excluding hydrogens is 330 g/mol. The summed E-state index contributed by atoms with van der Waals surface area (Å²) in [5.74, 6) is 0.638. The molecule has 0 aliphatic rings. The molecule has 21 heavy (non-hydrogen) atoms. The van der Waals surface area contributed by atoms with Crippen LogP contribution in [-0.4, -0.2) is 12.5 Å². The fraction of sp³-hybridized carbons (Fsp3) is 0.235. The lowest BCUT2D eigenvalue weighted by molar-refractivity contribution is -0.123. The summed E-state index contributed by atoms with van der Waals surface area (Å²) in [5.41, 5.74) is 2.16. The van der Waals surface area contributed by atoms with E-state index in [0.29, 0.717) is 6.54 Å². The largest absolute Gasteiger partial charge is 0.483 e. The Balaban J connectivity index is 1.84. The van der Waals surface area contributed by atoms with E-state index >= 15 is 0 Å². The van der Waals surface area contributed by atoms with Gasteiger partial charge in [0.1, 0.15) is 5.75 Å². The number of nitrogens with one attached hydrogen (secondary N) is 1. The van der Waals surface area contributed by atoms with Gasteiger partial charge in [0.15, 0.2) is 6.61 Å². The number of ether oxygens (including phenoxy) is 1. The van der Waals surface area contributed by atoms with Gasteiger partial charge in [-0.1, -0.05) is 53.2 Å². The third-order valence-electron chi connectivity index (χ3n) is 3.09. The number of benzene rings is 2. The van der Waals surface area contributed by atoms with Gasteiger partial charge < -0.3 is 10.1 Å². The van der Waals surface area contributed by atoms with Crippen LogP contribution in [0.25, 0.3) is 0 Å². The zero-order valence-corrected chi connectivity index (χ0v) is 13.5. The molecule has 1 N–H and O–H groups in total. The van der Waals surface area contributed by atoms with E-state index in [2.05, 4.69) is 28.2 Å². The highest BCUT2D eigenvalue weighted by Crippen LogP contribution is 2.23. The molecule has 0 fully saturated rings. The molecule has 0 bridgehead atoms. The zero-order valence-electron chi connectivity index (χ0n) is 11.9. The fourth-order valence-electron chi connectivity index (χ4n) is 1.96. The van der Waals surface area contributed by atoms with Gasteiger partial charge in [-0.25, -0.2) is 0 Å². The first-order valence-electron chi connectivity index (χ1n) is 6.91. The number of carbonyl (C=O) groups excluding carboxylic acids is 1. The van der Waals surface area contributed by atoms with Crippen molar-refractivity contribution in [2.75, 3.05) is 6.61 Å². The quantitative estimate of drug-likeness (QED) is 0.864. The Kier molecular flexibility index (Phi) is 5.81. The first kappa shape index (κ1) is 15.6. The van der Waals surface area contributed by atoms with E-state index < -0.39 is 0 Å². The van der Waals surface area contributed by atoms with E-state index in [1.54, 1.807) is 0 Å². The lowest BCUT2D eigenvalue weighted by Crippen LogP contribution is -2.28.